The van der Waals surface area contributed by atoms with Crippen LogP contribution < -0.4 is 15.4 Å². The number of ether oxygens (including phenoxy) is 1. The first-order chi connectivity index (χ1) is 14.2. The molecule has 1 aromatic carbocycles. The van der Waals surface area contributed by atoms with Gasteiger partial charge in [-0.3, -0.25) is 4.68 Å². The van der Waals surface area contributed by atoms with Crippen molar-refractivity contribution in [1.82, 2.24) is 14.8 Å². The zero-order chi connectivity index (χ0) is 21.7. The SMILES string of the molecule is CN(C)c1ccc(CC(N)=Nc2ccn(Cc3ccc(OC(F)(F)F)cc3)n2)cn1. The minimum atomic E-state index is -4.71. The summed E-state index contributed by atoms with van der Waals surface area (Å²) in [7, 11) is 3.83. The van der Waals surface area contributed by atoms with Gasteiger partial charge in [-0.2, -0.15) is 5.10 Å². The highest BCUT2D eigenvalue weighted by molar-refractivity contribution is 5.84. The van der Waals surface area contributed by atoms with E-state index >= 15 is 0 Å². The number of benzene rings is 1. The molecule has 10 heteroatoms. The highest BCUT2D eigenvalue weighted by Crippen LogP contribution is 2.23. The molecular weight excluding hydrogens is 397 g/mol. The standard InChI is InChI=1S/C20H21F3N6O/c1-28(2)19-8-5-15(12-25-19)11-17(24)26-18-9-10-29(27-18)13-14-3-6-16(7-4-14)30-20(21,22)23/h3-10,12H,11,13H2,1-2H3,(H2,24,26,27). The number of anilines is 1. The lowest BCUT2D eigenvalue weighted by Crippen LogP contribution is -2.17. The lowest BCUT2D eigenvalue weighted by molar-refractivity contribution is -0.274. The molecule has 0 aliphatic carbocycles. The fourth-order valence-corrected chi connectivity index (χ4v) is 2.66. The molecule has 2 heterocycles. The molecule has 2 N–H and O–H groups in total. The molecule has 30 heavy (non-hydrogen) atoms. The summed E-state index contributed by atoms with van der Waals surface area (Å²) in [5.41, 5.74) is 7.72. The summed E-state index contributed by atoms with van der Waals surface area (Å²) in [6.07, 6.45) is -0.794. The number of nitrogens with two attached hydrogens (primary N) is 1. The Kier molecular flexibility index (Phi) is 6.24. The van der Waals surface area contributed by atoms with Gasteiger partial charge < -0.3 is 15.4 Å². The Morgan fingerprint density at radius 2 is 1.80 bits per heavy atom. The average Bonchev–Trinajstić information content (AvgIpc) is 3.09. The van der Waals surface area contributed by atoms with Crippen LogP contribution in [-0.2, 0) is 13.0 Å². The third-order valence-corrected chi connectivity index (χ3v) is 4.04. The molecule has 0 aliphatic rings. The van der Waals surface area contributed by atoms with Crippen molar-refractivity contribution >= 4 is 17.5 Å². The number of aliphatic imine (C=N–C) groups is 1. The molecule has 0 unspecified atom stereocenters. The van der Waals surface area contributed by atoms with Crippen LogP contribution in [0.15, 0.2) is 59.9 Å². The molecule has 3 rings (SSSR count). The maximum Gasteiger partial charge on any atom is 0.573 e. The number of alkyl halides is 3. The Balaban J connectivity index is 1.60. The summed E-state index contributed by atoms with van der Waals surface area (Å²) in [6, 6.07) is 11.2. The second kappa shape index (κ2) is 8.85. The fourth-order valence-electron chi connectivity index (χ4n) is 2.66. The predicted molar refractivity (Wildman–Crippen MR) is 108 cm³/mol. The van der Waals surface area contributed by atoms with Crippen LogP contribution in [0.1, 0.15) is 11.1 Å². The molecule has 0 amide bonds. The van der Waals surface area contributed by atoms with Gasteiger partial charge in [0.05, 0.1) is 6.54 Å². The van der Waals surface area contributed by atoms with E-state index in [1.165, 1.54) is 12.1 Å². The second-order valence-corrected chi connectivity index (χ2v) is 6.76. The number of hydrogen-bond donors (Lipinski definition) is 1. The Morgan fingerprint density at radius 3 is 2.40 bits per heavy atom. The van der Waals surface area contributed by atoms with Gasteiger partial charge in [-0.05, 0) is 29.3 Å². The van der Waals surface area contributed by atoms with Crippen molar-refractivity contribution in [3.8, 4) is 5.75 Å². The third kappa shape index (κ3) is 6.23. The van der Waals surface area contributed by atoms with E-state index in [2.05, 4.69) is 19.8 Å². The van der Waals surface area contributed by atoms with E-state index in [4.69, 9.17) is 5.73 Å². The largest absolute Gasteiger partial charge is 0.573 e. The van der Waals surface area contributed by atoms with Gasteiger partial charge >= 0.3 is 6.36 Å². The van der Waals surface area contributed by atoms with Crippen molar-refractivity contribution in [2.24, 2.45) is 10.7 Å². The first kappa shape index (κ1) is 21.2. The van der Waals surface area contributed by atoms with Gasteiger partial charge in [0, 0.05) is 39.0 Å². The number of pyridine rings is 1. The first-order valence-corrected chi connectivity index (χ1v) is 9.01. The van der Waals surface area contributed by atoms with E-state index < -0.39 is 6.36 Å². The molecule has 7 nitrogen and oxygen atoms in total. The molecular formula is C20H21F3N6O. The van der Waals surface area contributed by atoms with Gasteiger partial charge in [-0.1, -0.05) is 18.2 Å². The van der Waals surface area contributed by atoms with Crippen molar-refractivity contribution in [2.75, 3.05) is 19.0 Å². The zero-order valence-electron chi connectivity index (χ0n) is 16.5. The van der Waals surface area contributed by atoms with Crippen LogP contribution in [0.5, 0.6) is 5.75 Å². The maximum atomic E-state index is 12.2. The van der Waals surface area contributed by atoms with Crippen LogP contribution in [0.4, 0.5) is 24.8 Å². The van der Waals surface area contributed by atoms with Gasteiger partial charge in [0.2, 0.25) is 0 Å². The fraction of sp³-hybridized carbons (Fsp3) is 0.250. The summed E-state index contributed by atoms with van der Waals surface area (Å²) in [6.45, 7) is 0.373. The Hall–Kier alpha value is -3.56. The molecule has 0 bridgehead atoms. The molecule has 0 saturated carbocycles. The van der Waals surface area contributed by atoms with Crippen LogP contribution in [0.2, 0.25) is 0 Å². The molecule has 0 fully saturated rings. The minimum Gasteiger partial charge on any atom is -0.406 e. The smallest absolute Gasteiger partial charge is 0.406 e. The summed E-state index contributed by atoms with van der Waals surface area (Å²) < 4.78 is 42.1. The van der Waals surface area contributed by atoms with E-state index in [-0.39, 0.29) is 5.75 Å². The number of nitrogens with zero attached hydrogens (tertiary/aromatic N) is 5. The molecule has 158 valence electrons. The highest BCUT2D eigenvalue weighted by Gasteiger charge is 2.30. The zero-order valence-corrected chi connectivity index (χ0v) is 16.5. The van der Waals surface area contributed by atoms with Gasteiger partial charge in [0.15, 0.2) is 5.82 Å². The van der Waals surface area contributed by atoms with Crippen LogP contribution in [-0.4, -0.2) is 41.1 Å². The Morgan fingerprint density at radius 1 is 1.10 bits per heavy atom. The van der Waals surface area contributed by atoms with Gasteiger partial charge in [-0.25, -0.2) is 9.98 Å². The maximum absolute atomic E-state index is 12.2. The lowest BCUT2D eigenvalue weighted by Gasteiger charge is -2.11. The van der Waals surface area contributed by atoms with Gasteiger partial charge in [-0.15, -0.1) is 13.2 Å². The summed E-state index contributed by atoms with van der Waals surface area (Å²) in [5.74, 6) is 1.43. The molecule has 0 radical (unpaired) electrons. The lowest BCUT2D eigenvalue weighted by atomic mass is 10.2. The molecule has 3 aromatic rings. The van der Waals surface area contributed by atoms with Crippen molar-refractivity contribution < 1.29 is 17.9 Å². The number of rotatable bonds is 7. The van der Waals surface area contributed by atoms with Crippen molar-refractivity contribution in [3.63, 3.8) is 0 Å². The molecule has 2 aromatic heterocycles. The Bertz CT molecular complexity index is 995. The topological polar surface area (TPSA) is 81.6 Å². The second-order valence-electron chi connectivity index (χ2n) is 6.76. The summed E-state index contributed by atoms with van der Waals surface area (Å²) in [5, 5.41) is 4.32. The normalized spacial score (nSPS) is 12.1. The van der Waals surface area contributed by atoms with Crippen LogP contribution >= 0.6 is 0 Å². The molecule has 0 aliphatic heterocycles. The highest BCUT2D eigenvalue weighted by atomic mass is 19.4. The van der Waals surface area contributed by atoms with E-state index in [1.807, 2.05) is 31.1 Å². The average molecular weight is 418 g/mol. The van der Waals surface area contributed by atoms with Gasteiger partial charge in [0.25, 0.3) is 0 Å². The van der Waals surface area contributed by atoms with Crippen LogP contribution in [0.25, 0.3) is 0 Å². The third-order valence-electron chi connectivity index (χ3n) is 4.04. The first-order valence-electron chi connectivity index (χ1n) is 9.01. The minimum absolute atomic E-state index is 0.266. The van der Waals surface area contributed by atoms with Crippen molar-refractivity contribution in [1.29, 1.82) is 0 Å². The van der Waals surface area contributed by atoms with E-state index in [0.717, 1.165) is 16.9 Å². The van der Waals surface area contributed by atoms with E-state index in [9.17, 15) is 13.2 Å². The van der Waals surface area contributed by atoms with Crippen molar-refractivity contribution in [3.05, 3.63) is 66.0 Å². The van der Waals surface area contributed by atoms with Crippen LogP contribution in [0, 0.1) is 0 Å². The van der Waals surface area contributed by atoms with E-state index in [1.54, 1.807) is 35.3 Å². The molecule has 0 saturated heterocycles. The number of aromatic nitrogens is 3. The van der Waals surface area contributed by atoms with Crippen molar-refractivity contribution in [2.45, 2.75) is 19.3 Å². The number of hydrogen-bond acceptors (Lipinski definition) is 5. The van der Waals surface area contributed by atoms with Gasteiger partial charge in [0.1, 0.15) is 17.4 Å². The number of halogens is 3. The quantitative estimate of drug-likeness (QED) is 0.469. The Labute approximate surface area is 171 Å². The summed E-state index contributed by atoms with van der Waals surface area (Å²) in [4.78, 5) is 10.6. The predicted octanol–water partition coefficient (Wildman–Crippen LogP) is 3.52. The monoisotopic (exact) mass is 418 g/mol. The molecule has 0 spiro atoms. The number of amidine groups is 1. The molecule has 0 atom stereocenters. The summed E-state index contributed by atoms with van der Waals surface area (Å²) >= 11 is 0. The van der Waals surface area contributed by atoms with Crippen LogP contribution in [0.3, 0.4) is 0 Å². The van der Waals surface area contributed by atoms with E-state index in [0.29, 0.717) is 24.6 Å².